The second-order valence-corrected chi connectivity index (χ2v) is 6.86. The van der Waals surface area contributed by atoms with Crippen LogP contribution in [0.4, 0.5) is 0 Å². The number of nitrogens with zero attached hydrogens (tertiary/aromatic N) is 1. The largest absolute Gasteiger partial charge is 0.348 e. The molecule has 1 amide bonds. The van der Waals surface area contributed by atoms with Gasteiger partial charge in [-0.05, 0) is 61.3 Å². The van der Waals surface area contributed by atoms with Crippen LogP contribution < -0.4 is 5.32 Å². The van der Waals surface area contributed by atoms with E-state index in [1.165, 1.54) is 37.1 Å². The Morgan fingerprint density at radius 3 is 2.35 bits per heavy atom. The van der Waals surface area contributed by atoms with Gasteiger partial charge in [0.25, 0.3) is 5.91 Å². The molecular formula is C19H21BrN2O. The van der Waals surface area contributed by atoms with Crippen LogP contribution in [0, 0.1) is 0 Å². The van der Waals surface area contributed by atoms with E-state index in [0.717, 1.165) is 11.0 Å². The quantitative estimate of drug-likeness (QED) is 0.860. The minimum Gasteiger partial charge on any atom is -0.348 e. The SMILES string of the molecule is O=C(NCc1ccccc1CN1CCCC1)c1ccc(Br)cc1. The molecule has 0 bridgehead atoms. The smallest absolute Gasteiger partial charge is 0.251 e. The fourth-order valence-electron chi connectivity index (χ4n) is 2.94. The molecule has 0 aromatic heterocycles. The number of nitrogens with one attached hydrogen (secondary N) is 1. The minimum absolute atomic E-state index is 0.0338. The molecule has 2 aromatic carbocycles. The number of rotatable bonds is 5. The van der Waals surface area contributed by atoms with Crippen LogP contribution in [0.15, 0.2) is 53.0 Å². The molecule has 0 atom stereocenters. The van der Waals surface area contributed by atoms with Gasteiger partial charge in [0.05, 0.1) is 0 Å². The van der Waals surface area contributed by atoms with Gasteiger partial charge in [-0.1, -0.05) is 40.2 Å². The molecule has 1 saturated heterocycles. The van der Waals surface area contributed by atoms with Crippen molar-refractivity contribution in [1.29, 1.82) is 0 Å². The molecule has 0 unspecified atom stereocenters. The molecule has 1 N–H and O–H groups in total. The average molecular weight is 373 g/mol. The molecule has 1 aliphatic heterocycles. The number of hydrogen-bond acceptors (Lipinski definition) is 2. The molecular weight excluding hydrogens is 352 g/mol. The fraction of sp³-hybridized carbons (Fsp3) is 0.316. The first kappa shape index (κ1) is 16.2. The second kappa shape index (κ2) is 7.75. The standard InChI is InChI=1S/C19H21BrN2O/c20-18-9-7-15(8-10-18)19(23)21-13-16-5-1-2-6-17(16)14-22-11-3-4-12-22/h1-2,5-10H,3-4,11-14H2,(H,21,23). The van der Waals surface area contributed by atoms with Crippen LogP contribution in [0.1, 0.15) is 34.3 Å². The molecule has 2 aromatic rings. The average Bonchev–Trinajstić information content (AvgIpc) is 3.07. The zero-order chi connectivity index (χ0) is 16.1. The molecule has 1 fully saturated rings. The first-order valence-corrected chi connectivity index (χ1v) is 8.84. The third kappa shape index (κ3) is 4.43. The number of carbonyl (C=O) groups is 1. The Bertz CT molecular complexity index is 663. The van der Waals surface area contributed by atoms with Crippen LogP contribution in [0.3, 0.4) is 0 Å². The molecule has 0 saturated carbocycles. The van der Waals surface area contributed by atoms with Crippen LogP contribution in [-0.4, -0.2) is 23.9 Å². The molecule has 120 valence electrons. The summed E-state index contributed by atoms with van der Waals surface area (Å²) in [5.74, 6) is -0.0338. The number of benzene rings is 2. The third-order valence-electron chi connectivity index (χ3n) is 4.26. The summed E-state index contributed by atoms with van der Waals surface area (Å²) in [6, 6.07) is 15.8. The van der Waals surface area contributed by atoms with Crippen molar-refractivity contribution in [2.75, 3.05) is 13.1 Å². The van der Waals surface area contributed by atoms with E-state index in [-0.39, 0.29) is 5.91 Å². The molecule has 4 heteroatoms. The second-order valence-electron chi connectivity index (χ2n) is 5.94. The molecule has 1 aliphatic rings. The summed E-state index contributed by atoms with van der Waals surface area (Å²) in [7, 11) is 0. The lowest BCUT2D eigenvalue weighted by Gasteiger charge is -2.17. The van der Waals surface area contributed by atoms with E-state index in [0.29, 0.717) is 12.1 Å². The summed E-state index contributed by atoms with van der Waals surface area (Å²) in [5.41, 5.74) is 3.19. The predicted octanol–water partition coefficient (Wildman–Crippen LogP) is 3.97. The first-order chi connectivity index (χ1) is 11.2. The van der Waals surface area contributed by atoms with E-state index in [1.54, 1.807) is 0 Å². The predicted molar refractivity (Wildman–Crippen MR) is 96.3 cm³/mol. The van der Waals surface area contributed by atoms with Crippen molar-refractivity contribution < 1.29 is 4.79 Å². The van der Waals surface area contributed by atoms with Crippen LogP contribution in [0.25, 0.3) is 0 Å². The maximum Gasteiger partial charge on any atom is 0.251 e. The van der Waals surface area contributed by atoms with Crippen LogP contribution >= 0.6 is 15.9 Å². The first-order valence-electron chi connectivity index (χ1n) is 8.05. The van der Waals surface area contributed by atoms with Crippen molar-refractivity contribution in [3.8, 4) is 0 Å². The van der Waals surface area contributed by atoms with Gasteiger partial charge in [0.2, 0.25) is 0 Å². The van der Waals surface area contributed by atoms with E-state index in [9.17, 15) is 4.79 Å². The van der Waals surface area contributed by atoms with Crippen molar-refractivity contribution in [1.82, 2.24) is 10.2 Å². The summed E-state index contributed by atoms with van der Waals surface area (Å²) in [6.07, 6.45) is 2.59. The van der Waals surface area contributed by atoms with Gasteiger partial charge < -0.3 is 5.32 Å². The van der Waals surface area contributed by atoms with Crippen molar-refractivity contribution in [2.45, 2.75) is 25.9 Å². The van der Waals surface area contributed by atoms with Gasteiger partial charge in [0.15, 0.2) is 0 Å². The maximum absolute atomic E-state index is 12.2. The molecule has 3 nitrogen and oxygen atoms in total. The molecule has 0 aliphatic carbocycles. The Hall–Kier alpha value is -1.65. The van der Waals surface area contributed by atoms with Gasteiger partial charge in [0.1, 0.15) is 0 Å². The summed E-state index contributed by atoms with van der Waals surface area (Å²) < 4.78 is 0.977. The highest BCUT2D eigenvalue weighted by molar-refractivity contribution is 9.10. The fourth-order valence-corrected chi connectivity index (χ4v) is 3.21. The van der Waals surface area contributed by atoms with E-state index in [4.69, 9.17) is 0 Å². The molecule has 0 spiro atoms. The third-order valence-corrected chi connectivity index (χ3v) is 4.79. The van der Waals surface area contributed by atoms with E-state index >= 15 is 0 Å². The summed E-state index contributed by atoms with van der Waals surface area (Å²) in [6.45, 7) is 3.91. The normalized spacial score (nSPS) is 14.8. The number of amides is 1. The van der Waals surface area contributed by atoms with Crippen molar-refractivity contribution in [3.05, 3.63) is 69.7 Å². The topological polar surface area (TPSA) is 32.3 Å². The number of likely N-dealkylation sites (tertiary alicyclic amines) is 1. The zero-order valence-corrected chi connectivity index (χ0v) is 14.7. The van der Waals surface area contributed by atoms with Gasteiger partial charge in [-0.15, -0.1) is 0 Å². The van der Waals surface area contributed by atoms with E-state index in [2.05, 4.69) is 44.3 Å². The van der Waals surface area contributed by atoms with Gasteiger partial charge in [-0.25, -0.2) is 0 Å². The van der Waals surface area contributed by atoms with Crippen molar-refractivity contribution in [2.24, 2.45) is 0 Å². The lowest BCUT2D eigenvalue weighted by atomic mass is 10.1. The Labute approximate surface area is 145 Å². The Balaban J connectivity index is 1.63. The zero-order valence-electron chi connectivity index (χ0n) is 13.1. The highest BCUT2D eigenvalue weighted by Crippen LogP contribution is 2.16. The lowest BCUT2D eigenvalue weighted by Crippen LogP contribution is -2.25. The Morgan fingerprint density at radius 2 is 1.65 bits per heavy atom. The number of halogens is 1. The Kier molecular flexibility index (Phi) is 5.47. The van der Waals surface area contributed by atoms with Gasteiger partial charge in [-0.3, -0.25) is 9.69 Å². The highest BCUT2D eigenvalue weighted by atomic mass is 79.9. The number of hydrogen-bond donors (Lipinski definition) is 1. The van der Waals surface area contributed by atoms with Crippen LogP contribution in [-0.2, 0) is 13.1 Å². The van der Waals surface area contributed by atoms with Crippen LogP contribution in [0.2, 0.25) is 0 Å². The number of carbonyl (C=O) groups excluding carboxylic acids is 1. The van der Waals surface area contributed by atoms with E-state index < -0.39 is 0 Å². The minimum atomic E-state index is -0.0338. The molecule has 1 heterocycles. The van der Waals surface area contributed by atoms with Gasteiger partial charge >= 0.3 is 0 Å². The maximum atomic E-state index is 12.2. The van der Waals surface area contributed by atoms with Gasteiger partial charge in [-0.2, -0.15) is 0 Å². The molecule has 23 heavy (non-hydrogen) atoms. The van der Waals surface area contributed by atoms with Crippen molar-refractivity contribution in [3.63, 3.8) is 0 Å². The lowest BCUT2D eigenvalue weighted by molar-refractivity contribution is 0.0950. The summed E-state index contributed by atoms with van der Waals surface area (Å²) in [4.78, 5) is 14.7. The molecule has 3 rings (SSSR count). The highest BCUT2D eigenvalue weighted by Gasteiger charge is 2.14. The summed E-state index contributed by atoms with van der Waals surface area (Å²) in [5, 5.41) is 3.03. The van der Waals surface area contributed by atoms with Crippen LogP contribution in [0.5, 0.6) is 0 Å². The van der Waals surface area contributed by atoms with Gasteiger partial charge in [0, 0.05) is 23.1 Å². The molecule has 0 radical (unpaired) electrons. The monoisotopic (exact) mass is 372 g/mol. The van der Waals surface area contributed by atoms with Crippen molar-refractivity contribution >= 4 is 21.8 Å². The summed E-state index contributed by atoms with van der Waals surface area (Å²) >= 11 is 3.38. The van der Waals surface area contributed by atoms with E-state index in [1.807, 2.05) is 30.3 Å². The Morgan fingerprint density at radius 1 is 1.00 bits per heavy atom.